The van der Waals surface area contributed by atoms with Crippen molar-refractivity contribution < 1.29 is 28.6 Å². The van der Waals surface area contributed by atoms with Gasteiger partial charge in [0.25, 0.3) is 5.91 Å². The number of nitrogens with one attached hydrogen (secondary N) is 3. The van der Waals surface area contributed by atoms with Crippen LogP contribution in [0, 0.1) is 12.7 Å². The molecule has 5 rings (SSSR count). The number of pyridine rings is 1. The number of thiophene rings is 1. The molecule has 0 spiro atoms. The van der Waals surface area contributed by atoms with Gasteiger partial charge in [0.2, 0.25) is 0 Å². The van der Waals surface area contributed by atoms with Crippen LogP contribution in [0.1, 0.15) is 21.7 Å². The summed E-state index contributed by atoms with van der Waals surface area (Å²) in [5.41, 5.74) is 2.09. The molecule has 2 aromatic carbocycles. The lowest BCUT2D eigenvalue weighted by atomic mass is 10.2. The Morgan fingerprint density at radius 2 is 2.00 bits per heavy atom. The summed E-state index contributed by atoms with van der Waals surface area (Å²) in [7, 11) is 0. The van der Waals surface area contributed by atoms with Crippen LogP contribution >= 0.6 is 11.3 Å². The number of aromatic nitrogens is 1. The van der Waals surface area contributed by atoms with Crippen LogP contribution in [0.3, 0.4) is 0 Å². The van der Waals surface area contributed by atoms with E-state index in [2.05, 4.69) is 25.8 Å². The molecule has 42 heavy (non-hydrogen) atoms. The minimum atomic E-state index is -0.565. The van der Waals surface area contributed by atoms with Gasteiger partial charge in [-0.1, -0.05) is 6.07 Å². The minimum absolute atomic E-state index is 0.0123. The summed E-state index contributed by atoms with van der Waals surface area (Å²) in [5, 5.41) is 17.4. The predicted octanol–water partition coefficient (Wildman–Crippen LogP) is 4.99. The number of nitrogens with zero attached hydrogens (tertiary/aromatic N) is 2. The van der Waals surface area contributed by atoms with Gasteiger partial charge in [0.15, 0.2) is 0 Å². The highest BCUT2D eigenvalue weighted by atomic mass is 32.1. The molecule has 2 aromatic heterocycles. The van der Waals surface area contributed by atoms with Crippen molar-refractivity contribution in [3.8, 4) is 11.5 Å². The minimum Gasteiger partial charge on any atom is -0.456 e. The van der Waals surface area contributed by atoms with Crippen molar-refractivity contribution in [3.05, 3.63) is 77.1 Å². The molecule has 3 amide bonds. The highest BCUT2D eigenvalue weighted by molar-refractivity contribution is 7.21. The van der Waals surface area contributed by atoms with E-state index in [0.29, 0.717) is 47.3 Å². The number of urea groups is 1. The van der Waals surface area contributed by atoms with Crippen molar-refractivity contribution in [1.82, 2.24) is 15.2 Å². The fourth-order valence-corrected chi connectivity index (χ4v) is 5.53. The van der Waals surface area contributed by atoms with Crippen LogP contribution in [-0.2, 0) is 4.74 Å². The summed E-state index contributed by atoms with van der Waals surface area (Å²) in [5.74, 6) is 0.407. The lowest BCUT2D eigenvalue weighted by molar-refractivity contribution is -0.0527. The molecule has 12 heteroatoms. The average molecular weight is 594 g/mol. The van der Waals surface area contributed by atoms with Crippen molar-refractivity contribution in [2.75, 3.05) is 50.0 Å². The fourth-order valence-electron chi connectivity index (χ4n) is 4.55. The number of aryl methyl sites for hydroxylation is 1. The van der Waals surface area contributed by atoms with Crippen molar-refractivity contribution in [2.24, 2.45) is 0 Å². The van der Waals surface area contributed by atoms with Crippen LogP contribution in [0.4, 0.5) is 20.6 Å². The van der Waals surface area contributed by atoms with E-state index in [9.17, 15) is 19.1 Å². The quantitative estimate of drug-likeness (QED) is 0.191. The molecule has 4 N–H and O–H groups in total. The van der Waals surface area contributed by atoms with E-state index in [-0.39, 0.29) is 24.3 Å². The first-order valence-electron chi connectivity index (χ1n) is 13.6. The molecule has 3 heterocycles. The molecule has 4 aromatic rings. The first-order chi connectivity index (χ1) is 20.4. The van der Waals surface area contributed by atoms with E-state index in [1.54, 1.807) is 54.7 Å². The molecule has 0 radical (unpaired) electrons. The van der Waals surface area contributed by atoms with Crippen molar-refractivity contribution in [2.45, 2.75) is 19.4 Å². The monoisotopic (exact) mass is 593 g/mol. The number of aliphatic hydroxyl groups excluding tert-OH is 1. The number of hydrogen-bond acceptors (Lipinski definition) is 8. The van der Waals surface area contributed by atoms with Crippen LogP contribution in [0.25, 0.3) is 10.2 Å². The maximum atomic E-state index is 13.9. The van der Waals surface area contributed by atoms with Crippen LogP contribution in [0.2, 0.25) is 0 Å². The summed E-state index contributed by atoms with van der Waals surface area (Å²) in [6.45, 7) is 5.29. The molecule has 220 valence electrons. The van der Waals surface area contributed by atoms with Gasteiger partial charge in [-0.2, -0.15) is 0 Å². The van der Waals surface area contributed by atoms with Gasteiger partial charge in [0.05, 0.1) is 40.1 Å². The van der Waals surface area contributed by atoms with Gasteiger partial charge in [0, 0.05) is 44.1 Å². The van der Waals surface area contributed by atoms with E-state index in [0.717, 1.165) is 29.8 Å². The number of fused-ring (bicyclic) bond motifs is 1. The number of aliphatic hydroxyl groups is 1. The largest absolute Gasteiger partial charge is 0.456 e. The number of halogens is 1. The molecule has 10 nitrogen and oxygen atoms in total. The maximum Gasteiger partial charge on any atom is 0.323 e. The van der Waals surface area contributed by atoms with Crippen LogP contribution < -0.4 is 20.7 Å². The topological polar surface area (TPSA) is 125 Å². The molecule has 1 atom stereocenters. The van der Waals surface area contributed by atoms with E-state index in [4.69, 9.17) is 9.47 Å². The van der Waals surface area contributed by atoms with Gasteiger partial charge < -0.3 is 30.5 Å². The summed E-state index contributed by atoms with van der Waals surface area (Å²) in [6.07, 6.45) is 2.27. The number of benzene rings is 2. The molecule has 0 saturated carbocycles. The second-order valence-corrected chi connectivity index (χ2v) is 11.0. The number of hydrogen-bond donors (Lipinski definition) is 4. The Morgan fingerprint density at radius 3 is 2.81 bits per heavy atom. The highest BCUT2D eigenvalue weighted by Crippen LogP contribution is 2.35. The molecule has 1 unspecified atom stereocenters. The SMILES string of the molecule is Cc1ccc(F)c(NC(=O)Nc2ccc(Oc3ccnc4cc(C(=O)NCCCN5CCOC(CO)C5)sc34)cc2)c1. The van der Waals surface area contributed by atoms with E-state index >= 15 is 0 Å². The molecular formula is C30H32FN5O5S. The summed E-state index contributed by atoms with van der Waals surface area (Å²) < 4.78 is 26.2. The number of amides is 3. The Hall–Kier alpha value is -4.10. The number of morpholine rings is 1. The van der Waals surface area contributed by atoms with E-state index in [1.165, 1.54) is 17.4 Å². The first-order valence-corrected chi connectivity index (χ1v) is 14.4. The van der Waals surface area contributed by atoms with Gasteiger partial charge in [-0.3, -0.25) is 14.7 Å². The third kappa shape index (κ3) is 7.59. The average Bonchev–Trinajstić information content (AvgIpc) is 3.44. The second-order valence-electron chi connectivity index (χ2n) is 9.91. The lowest BCUT2D eigenvalue weighted by Gasteiger charge is -2.31. The fraction of sp³-hybridized carbons (Fsp3) is 0.300. The molecule has 1 aliphatic rings. The van der Waals surface area contributed by atoms with Crippen LogP contribution in [-0.4, -0.2) is 72.4 Å². The highest BCUT2D eigenvalue weighted by Gasteiger charge is 2.19. The number of anilines is 2. The Morgan fingerprint density at radius 1 is 1.17 bits per heavy atom. The zero-order valence-electron chi connectivity index (χ0n) is 23.1. The van der Waals surface area contributed by atoms with Crippen LogP contribution in [0.15, 0.2) is 60.8 Å². The molecule has 0 aliphatic carbocycles. The summed E-state index contributed by atoms with van der Waals surface area (Å²) in [4.78, 5) is 32.3. The standard InChI is InChI=1S/C30H32FN5O5S/c1-19-3-8-23(31)24(15-19)35-30(39)34-20-4-6-21(7-5-20)41-26-9-11-32-25-16-27(42-28(25)26)29(38)33-10-2-12-36-13-14-40-22(17-36)18-37/h3-9,11,15-16,22,37H,2,10,12-14,17-18H2,1H3,(H,33,38)(H2,34,35,39). The molecule has 1 aliphatic heterocycles. The first kappa shape index (κ1) is 29.4. The molecule has 0 bridgehead atoms. The Bertz CT molecular complexity index is 1550. The lowest BCUT2D eigenvalue weighted by Crippen LogP contribution is -2.44. The third-order valence-corrected chi connectivity index (χ3v) is 7.81. The van der Waals surface area contributed by atoms with Crippen LogP contribution in [0.5, 0.6) is 11.5 Å². The van der Waals surface area contributed by atoms with Crippen molar-refractivity contribution in [1.29, 1.82) is 0 Å². The predicted molar refractivity (Wildman–Crippen MR) is 160 cm³/mol. The van der Waals surface area contributed by atoms with Gasteiger partial charge in [-0.05, 0) is 61.4 Å². The van der Waals surface area contributed by atoms with Gasteiger partial charge >= 0.3 is 6.03 Å². The van der Waals surface area contributed by atoms with E-state index < -0.39 is 11.8 Å². The number of ether oxygens (including phenoxy) is 2. The molecule has 1 saturated heterocycles. The Balaban J connectivity index is 1.14. The van der Waals surface area contributed by atoms with Gasteiger partial charge in [-0.25, -0.2) is 9.18 Å². The Labute approximate surface area is 246 Å². The van der Waals surface area contributed by atoms with Crippen molar-refractivity contribution >= 4 is 44.9 Å². The zero-order valence-corrected chi connectivity index (χ0v) is 23.9. The van der Waals surface area contributed by atoms with E-state index in [1.807, 2.05) is 6.92 Å². The Kier molecular flexibility index (Phi) is 9.59. The summed E-state index contributed by atoms with van der Waals surface area (Å²) >= 11 is 1.31. The van der Waals surface area contributed by atoms with Gasteiger partial charge in [-0.15, -0.1) is 11.3 Å². The van der Waals surface area contributed by atoms with Crippen molar-refractivity contribution in [3.63, 3.8) is 0 Å². The smallest absolute Gasteiger partial charge is 0.323 e. The molecular weight excluding hydrogens is 561 g/mol. The number of carbonyl (C=O) groups excluding carboxylic acids is 2. The maximum absolute atomic E-state index is 13.9. The summed E-state index contributed by atoms with van der Waals surface area (Å²) in [6, 6.07) is 14.2. The zero-order chi connectivity index (χ0) is 29.5. The normalized spacial score (nSPS) is 15.4. The number of carbonyl (C=O) groups is 2. The second kappa shape index (κ2) is 13.7. The van der Waals surface area contributed by atoms with Gasteiger partial charge in [0.1, 0.15) is 17.3 Å². The molecule has 1 fully saturated rings. The third-order valence-electron chi connectivity index (χ3n) is 6.67. The number of rotatable bonds is 10.